The molecule has 0 aliphatic carbocycles. The topological polar surface area (TPSA) is 196 Å². The predicted octanol–water partition coefficient (Wildman–Crippen LogP) is 1.44. The van der Waals surface area contributed by atoms with E-state index in [0.29, 0.717) is 59.0 Å². The summed E-state index contributed by atoms with van der Waals surface area (Å²) in [5.74, 6) is -2.91. The van der Waals surface area contributed by atoms with Crippen molar-refractivity contribution in [3.63, 3.8) is 0 Å². The van der Waals surface area contributed by atoms with Gasteiger partial charge in [-0.2, -0.15) is 0 Å². The number of carbonyl (C=O) groups is 6. The number of benzene rings is 1. The van der Waals surface area contributed by atoms with Crippen LogP contribution in [0.2, 0.25) is 0 Å². The van der Waals surface area contributed by atoms with Gasteiger partial charge in [0.05, 0.1) is 56.5 Å². The zero-order chi connectivity index (χ0) is 33.7. The summed E-state index contributed by atoms with van der Waals surface area (Å²) in [6.45, 7) is 8.79. The van der Waals surface area contributed by atoms with Gasteiger partial charge in [0.1, 0.15) is 11.6 Å². The fourth-order valence-corrected chi connectivity index (χ4v) is 4.84. The second-order valence-corrected chi connectivity index (χ2v) is 11.8. The number of rotatable bonds is 18. The Morgan fingerprint density at radius 2 is 1.63 bits per heavy atom. The average molecular weight is 648 g/mol. The molecule has 0 radical (unpaired) electrons. The lowest BCUT2D eigenvalue weighted by atomic mass is 10.0. The molecule has 1 fully saturated rings. The Balaban J connectivity index is 1.47. The number of nitrogens with zero attached hydrogens (tertiary/aromatic N) is 2. The van der Waals surface area contributed by atoms with Crippen LogP contribution in [0, 0.1) is 0 Å². The summed E-state index contributed by atoms with van der Waals surface area (Å²) >= 11 is 0. The van der Waals surface area contributed by atoms with Crippen molar-refractivity contribution in [3.05, 3.63) is 29.3 Å². The van der Waals surface area contributed by atoms with E-state index < -0.39 is 41.4 Å². The molecule has 0 saturated carbocycles. The van der Waals surface area contributed by atoms with E-state index in [-0.39, 0.29) is 55.1 Å². The molecule has 15 nitrogen and oxygen atoms in total. The van der Waals surface area contributed by atoms with Crippen LogP contribution in [-0.4, -0.2) is 116 Å². The quantitative estimate of drug-likeness (QED) is 0.154. The zero-order valence-electron chi connectivity index (χ0n) is 26.8. The molecule has 1 aromatic rings. The van der Waals surface area contributed by atoms with Crippen molar-refractivity contribution in [3.8, 4) is 0 Å². The van der Waals surface area contributed by atoms with Gasteiger partial charge in [-0.25, -0.2) is 4.79 Å². The van der Waals surface area contributed by atoms with Gasteiger partial charge in [0, 0.05) is 32.5 Å². The number of nitrogens with two attached hydrogens (primary N) is 1. The van der Waals surface area contributed by atoms with Crippen LogP contribution in [0.5, 0.6) is 0 Å². The number of nitrogens with one attached hydrogen (secondary N) is 2. The fraction of sp³-hybridized carbons (Fsp3) is 0.613. The van der Waals surface area contributed by atoms with Crippen molar-refractivity contribution in [1.29, 1.82) is 0 Å². The van der Waals surface area contributed by atoms with Crippen LogP contribution >= 0.6 is 0 Å². The van der Waals surface area contributed by atoms with Gasteiger partial charge >= 0.3 is 6.09 Å². The summed E-state index contributed by atoms with van der Waals surface area (Å²) in [7, 11) is 0. The third-order valence-electron chi connectivity index (χ3n) is 6.99. The van der Waals surface area contributed by atoms with Crippen molar-refractivity contribution < 1.29 is 47.7 Å². The second kappa shape index (κ2) is 17.7. The molecule has 3 rings (SSSR count). The number of hydrogen-bond donors (Lipinski definition) is 3. The summed E-state index contributed by atoms with van der Waals surface area (Å²) in [6, 6.07) is 3.41. The Labute approximate surface area is 268 Å². The first kappa shape index (κ1) is 36.5. The van der Waals surface area contributed by atoms with Crippen LogP contribution in [0.15, 0.2) is 18.2 Å². The van der Waals surface area contributed by atoms with Gasteiger partial charge in [0.25, 0.3) is 11.8 Å². The third-order valence-corrected chi connectivity index (χ3v) is 6.99. The third kappa shape index (κ3) is 10.9. The highest BCUT2D eigenvalue weighted by atomic mass is 16.6. The summed E-state index contributed by atoms with van der Waals surface area (Å²) in [5.41, 5.74) is 4.92. The summed E-state index contributed by atoms with van der Waals surface area (Å²) in [6.07, 6.45) is 0.561. The van der Waals surface area contributed by atoms with Crippen LogP contribution in [0.25, 0.3) is 0 Å². The lowest BCUT2D eigenvalue weighted by molar-refractivity contribution is -0.136. The molecule has 2 heterocycles. The van der Waals surface area contributed by atoms with Crippen LogP contribution < -0.4 is 16.4 Å². The molecule has 0 aromatic heterocycles. The van der Waals surface area contributed by atoms with Gasteiger partial charge in [-0.15, -0.1) is 0 Å². The highest BCUT2D eigenvalue weighted by Gasteiger charge is 2.45. The van der Waals surface area contributed by atoms with Crippen molar-refractivity contribution in [2.24, 2.45) is 5.73 Å². The van der Waals surface area contributed by atoms with Gasteiger partial charge in [0.15, 0.2) is 0 Å². The second-order valence-electron chi connectivity index (χ2n) is 11.8. The van der Waals surface area contributed by atoms with Gasteiger partial charge in [-0.3, -0.25) is 34.2 Å². The molecule has 2 aliphatic heterocycles. The number of unbranched alkanes of at least 4 members (excludes halogenated alkanes) is 1. The summed E-state index contributed by atoms with van der Waals surface area (Å²) in [5, 5.41) is 4.86. The first-order valence-corrected chi connectivity index (χ1v) is 15.5. The Bertz CT molecular complexity index is 1260. The molecule has 15 heteroatoms. The Morgan fingerprint density at radius 1 is 0.957 bits per heavy atom. The highest BCUT2D eigenvalue weighted by Crippen LogP contribution is 2.32. The van der Waals surface area contributed by atoms with E-state index in [4.69, 9.17) is 24.7 Å². The van der Waals surface area contributed by atoms with E-state index in [2.05, 4.69) is 10.6 Å². The van der Waals surface area contributed by atoms with Crippen molar-refractivity contribution in [1.82, 2.24) is 15.1 Å². The van der Waals surface area contributed by atoms with E-state index >= 15 is 0 Å². The lowest BCUT2D eigenvalue weighted by Crippen LogP contribution is -2.54. The number of amides is 6. The van der Waals surface area contributed by atoms with E-state index in [1.165, 1.54) is 17.0 Å². The number of anilines is 1. The molecule has 46 heavy (non-hydrogen) atoms. The monoisotopic (exact) mass is 647 g/mol. The number of piperidine rings is 1. The van der Waals surface area contributed by atoms with Crippen molar-refractivity contribution >= 4 is 41.3 Å². The van der Waals surface area contributed by atoms with E-state index in [9.17, 15) is 28.8 Å². The predicted molar refractivity (Wildman–Crippen MR) is 165 cm³/mol. The first-order valence-electron chi connectivity index (χ1n) is 15.5. The van der Waals surface area contributed by atoms with Crippen molar-refractivity contribution in [2.75, 3.05) is 64.6 Å². The van der Waals surface area contributed by atoms with Gasteiger partial charge in [-0.1, -0.05) is 6.07 Å². The molecule has 6 amide bonds. The Kier molecular flexibility index (Phi) is 14.1. The minimum Gasteiger partial charge on any atom is -0.444 e. The molecule has 1 unspecified atom stereocenters. The Hall–Kier alpha value is -3.92. The maximum absolute atomic E-state index is 13.3. The fourth-order valence-electron chi connectivity index (χ4n) is 4.84. The SMILES string of the molecule is CC(C)(C)OC(=O)N(CCCCC(=O)Nc1cccc2c1C(=O)N(C1CCC(=O)NC1=O)C2=O)CCOCCOCCOCCN. The Morgan fingerprint density at radius 3 is 2.28 bits per heavy atom. The smallest absolute Gasteiger partial charge is 0.410 e. The van der Waals surface area contributed by atoms with Crippen LogP contribution in [0.1, 0.15) is 73.6 Å². The van der Waals surface area contributed by atoms with Crippen LogP contribution in [0.4, 0.5) is 10.5 Å². The van der Waals surface area contributed by atoms with Gasteiger partial charge in [0.2, 0.25) is 17.7 Å². The van der Waals surface area contributed by atoms with E-state index in [1.54, 1.807) is 26.8 Å². The van der Waals surface area contributed by atoms with E-state index in [0.717, 1.165) is 4.90 Å². The molecule has 0 bridgehead atoms. The van der Waals surface area contributed by atoms with Crippen molar-refractivity contribution in [2.45, 2.75) is 64.5 Å². The maximum atomic E-state index is 13.3. The van der Waals surface area contributed by atoms with Gasteiger partial charge < -0.3 is 34.9 Å². The number of fused-ring (bicyclic) bond motifs is 1. The average Bonchev–Trinajstić information content (AvgIpc) is 3.24. The molecular formula is C31H45N5O10. The molecule has 1 atom stereocenters. The number of hydrogen-bond acceptors (Lipinski definition) is 11. The minimum absolute atomic E-state index is 0.00646. The molecule has 1 saturated heterocycles. The summed E-state index contributed by atoms with van der Waals surface area (Å²) < 4.78 is 21.8. The van der Waals surface area contributed by atoms with Crippen LogP contribution in [0.3, 0.4) is 0 Å². The van der Waals surface area contributed by atoms with E-state index in [1.807, 2.05) is 0 Å². The van der Waals surface area contributed by atoms with Crippen LogP contribution in [-0.2, 0) is 33.3 Å². The zero-order valence-corrected chi connectivity index (χ0v) is 26.8. The molecule has 2 aliphatic rings. The molecular weight excluding hydrogens is 602 g/mol. The highest BCUT2D eigenvalue weighted by molar-refractivity contribution is 6.26. The standard InChI is InChI=1S/C31H45N5O10/c1-31(2,3)46-30(42)35(14-16-44-18-20-45-19-17-43-15-12-32)13-5-4-9-24(37)33-22-8-6-7-21-26(22)29(41)36(28(21)40)23-10-11-25(38)34-27(23)39/h6-8,23H,4-5,9-20,32H2,1-3H3,(H,33,37)(H,34,38,39). The summed E-state index contributed by atoms with van der Waals surface area (Å²) in [4.78, 5) is 78.2. The number of carbonyl (C=O) groups excluding carboxylic acids is 6. The molecule has 1 aromatic carbocycles. The molecule has 0 spiro atoms. The maximum Gasteiger partial charge on any atom is 0.410 e. The normalized spacial score (nSPS) is 16.3. The van der Waals surface area contributed by atoms with Gasteiger partial charge in [-0.05, 0) is 52.2 Å². The largest absolute Gasteiger partial charge is 0.444 e. The number of ether oxygens (including phenoxy) is 4. The molecule has 4 N–H and O–H groups in total. The molecule has 254 valence electrons. The lowest BCUT2D eigenvalue weighted by Gasteiger charge is -2.27. The first-order chi connectivity index (χ1) is 21.9. The minimum atomic E-state index is -1.10. The number of imide groups is 2.